The average molecular weight is 316 g/mol. The predicted octanol–water partition coefficient (Wildman–Crippen LogP) is 3.75. The highest BCUT2D eigenvalue weighted by atomic mass is 79.9. The second-order valence-corrected chi connectivity index (χ2v) is 6.60. The molecule has 100 valence electrons. The Balaban J connectivity index is 1.84. The van der Waals surface area contributed by atoms with Gasteiger partial charge in [-0.25, -0.2) is 4.39 Å². The van der Waals surface area contributed by atoms with Crippen molar-refractivity contribution < 1.29 is 9.13 Å². The van der Waals surface area contributed by atoms with Gasteiger partial charge in [-0.05, 0) is 31.0 Å². The molecule has 0 heterocycles. The van der Waals surface area contributed by atoms with Gasteiger partial charge < -0.3 is 10.1 Å². The molecule has 1 saturated carbocycles. The minimum absolute atomic E-state index is 0.00209. The van der Waals surface area contributed by atoms with Gasteiger partial charge in [0.25, 0.3) is 0 Å². The highest BCUT2D eigenvalue weighted by Crippen LogP contribution is 2.25. The fourth-order valence-electron chi connectivity index (χ4n) is 1.62. The van der Waals surface area contributed by atoms with E-state index in [1.54, 1.807) is 12.1 Å². The van der Waals surface area contributed by atoms with E-state index >= 15 is 0 Å². The number of ether oxygens (including phenoxy) is 1. The molecule has 0 atom stereocenters. The van der Waals surface area contributed by atoms with Crippen molar-refractivity contribution >= 4 is 15.9 Å². The Kier molecular flexibility index (Phi) is 4.28. The lowest BCUT2D eigenvalue weighted by Gasteiger charge is -2.25. The van der Waals surface area contributed by atoms with Crippen LogP contribution in [0.4, 0.5) is 4.39 Å². The minimum atomic E-state index is -0.324. The van der Waals surface area contributed by atoms with Gasteiger partial charge in [0, 0.05) is 22.5 Å². The van der Waals surface area contributed by atoms with Crippen molar-refractivity contribution in [3.05, 3.63) is 28.5 Å². The second-order valence-electron chi connectivity index (χ2n) is 5.68. The van der Waals surface area contributed by atoms with Gasteiger partial charge in [0.15, 0.2) is 11.6 Å². The molecule has 18 heavy (non-hydrogen) atoms. The van der Waals surface area contributed by atoms with E-state index in [1.807, 2.05) is 0 Å². The molecule has 0 amide bonds. The van der Waals surface area contributed by atoms with Crippen molar-refractivity contribution in [2.24, 2.45) is 5.41 Å². The molecule has 1 aromatic rings. The van der Waals surface area contributed by atoms with Crippen molar-refractivity contribution in [3.63, 3.8) is 0 Å². The van der Waals surface area contributed by atoms with Crippen LogP contribution < -0.4 is 10.1 Å². The summed E-state index contributed by atoms with van der Waals surface area (Å²) in [6.07, 6.45) is 2.55. The summed E-state index contributed by atoms with van der Waals surface area (Å²) in [5.74, 6) is -0.00646. The Morgan fingerprint density at radius 3 is 2.78 bits per heavy atom. The zero-order chi connectivity index (χ0) is 13.2. The number of halogens is 2. The summed E-state index contributed by atoms with van der Waals surface area (Å²) in [6.45, 7) is 5.65. The molecule has 4 heteroatoms. The Bertz CT molecular complexity index is 418. The van der Waals surface area contributed by atoms with E-state index in [-0.39, 0.29) is 11.2 Å². The number of benzene rings is 1. The first-order valence-corrected chi connectivity index (χ1v) is 7.07. The van der Waals surface area contributed by atoms with Crippen LogP contribution in [-0.4, -0.2) is 19.2 Å². The van der Waals surface area contributed by atoms with E-state index < -0.39 is 0 Å². The highest BCUT2D eigenvalue weighted by Gasteiger charge is 2.26. The van der Waals surface area contributed by atoms with Gasteiger partial charge in [-0.15, -0.1) is 0 Å². The van der Waals surface area contributed by atoms with Crippen LogP contribution in [0.5, 0.6) is 5.75 Å². The van der Waals surface area contributed by atoms with Crippen LogP contribution in [0.1, 0.15) is 26.7 Å². The highest BCUT2D eigenvalue weighted by molar-refractivity contribution is 9.10. The van der Waals surface area contributed by atoms with E-state index in [1.165, 1.54) is 18.9 Å². The molecule has 1 fully saturated rings. The third-order valence-corrected chi connectivity index (χ3v) is 3.45. The molecule has 1 aliphatic carbocycles. The Morgan fingerprint density at radius 2 is 2.17 bits per heavy atom. The third-order valence-electron chi connectivity index (χ3n) is 2.96. The predicted molar refractivity (Wildman–Crippen MR) is 74.4 cm³/mol. The lowest BCUT2D eigenvalue weighted by atomic mass is 9.95. The molecule has 0 saturated heterocycles. The summed E-state index contributed by atoms with van der Waals surface area (Å²) in [4.78, 5) is 0. The minimum Gasteiger partial charge on any atom is -0.490 e. The van der Waals surface area contributed by atoms with Gasteiger partial charge in [0.05, 0.1) is 6.61 Å². The molecule has 0 spiro atoms. The van der Waals surface area contributed by atoms with Crippen LogP contribution in [0.15, 0.2) is 22.7 Å². The normalized spacial score (nSPS) is 15.8. The zero-order valence-electron chi connectivity index (χ0n) is 10.8. The molecule has 2 nitrogen and oxygen atoms in total. The fourth-order valence-corrected chi connectivity index (χ4v) is 1.96. The van der Waals surface area contributed by atoms with Gasteiger partial charge >= 0.3 is 0 Å². The largest absolute Gasteiger partial charge is 0.490 e. The second kappa shape index (κ2) is 5.57. The maximum absolute atomic E-state index is 13.6. The smallest absolute Gasteiger partial charge is 0.166 e. The Morgan fingerprint density at radius 1 is 1.44 bits per heavy atom. The Hall–Kier alpha value is -0.610. The monoisotopic (exact) mass is 315 g/mol. The van der Waals surface area contributed by atoms with Crippen molar-refractivity contribution in [2.45, 2.75) is 32.7 Å². The summed E-state index contributed by atoms with van der Waals surface area (Å²) < 4.78 is 19.9. The van der Waals surface area contributed by atoms with E-state index in [2.05, 4.69) is 35.1 Å². The van der Waals surface area contributed by atoms with E-state index in [4.69, 9.17) is 4.74 Å². The SMILES string of the molecule is CC(C)(CNC1CC1)COc1ccc(Br)cc1F. The van der Waals surface area contributed by atoms with Crippen molar-refractivity contribution in [1.29, 1.82) is 0 Å². The first kappa shape index (κ1) is 13.8. The van der Waals surface area contributed by atoms with Crippen molar-refractivity contribution in [3.8, 4) is 5.75 Å². The lowest BCUT2D eigenvalue weighted by molar-refractivity contribution is 0.170. The van der Waals surface area contributed by atoms with Gasteiger partial charge in [-0.2, -0.15) is 0 Å². The van der Waals surface area contributed by atoms with Gasteiger partial charge in [0.1, 0.15) is 0 Å². The molecular weight excluding hydrogens is 297 g/mol. The van der Waals surface area contributed by atoms with Gasteiger partial charge in [-0.1, -0.05) is 29.8 Å². The van der Waals surface area contributed by atoms with Crippen LogP contribution in [0.2, 0.25) is 0 Å². The van der Waals surface area contributed by atoms with Crippen LogP contribution in [0.25, 0.3) is 0 Å². The standard InChI is InChI=1S/C14H19BrFNO/c1-14(2,8-17-11-4-5-11)9-18-13-6-3-10(15)7-12(13)16/h3,6-7,11,17H,4-5,8-9H2,1-2H3. The molecule has 0 unspecified atom stereocenters. The maximum Gasteiger partial charge on any atom is 0.166 e. The number of nitrogens with one attached hydrogen (secondary N) is 1. The Labute approximate surface area is 116 Å². The first-order valence-electron chi connectivity index (χ1n) is 6.27. The van der Waals surface area contributed by atoms with Crippen molar-refractivity contribution in [1.82, 2.24) is 5.32 Å². The van der Waals surface area contributed by atoms with E-state index in [0.29, 0.717) is 18.4 Å². The van der Waals surface area contributed by atoms with Gasteiger partial charge in [0.2, 0.25) is 0 Å². The number of hydrogen-bond acceptors (Lipinski definition) is 2. The zero-order valence-corrected chi connectivity index (χ0v) is 12.4. The van der Waals surface area contributed by atoms with Crippen LogP contribution in [0, 0.1) is 11.2 Å². The summed E-state index contributed by atoms with van der Waals surface area (Å²) in [5.41, 5.74) is 0.00209. The third kappa shape index (κ3) is 4.25. The van der Waals surface area contributed by atoms with Gasteiger partial charge in [-0.3, -0.25) is 0 Å². The van der Waals surface area contributed by atoms with E-state index in [0.717, 1.165) is 11.0 Å². The summed E-state index contributed by atoms with van der Waals surface area (Å²) in [7, 11) is 0. The molecule has 1 aliphatic rings. The average Bonchev–Trinajstić information content (AvgIpc) is 3.09. The molecule has 0 aromatic heterocycles. The summed E-state index contributed by atoms with van der Waals surface area (Å²) >= 11 is 3.23. The van der Waals surface area contributed by atoms with Crippen molar-refractivity contribution in [2.75, 3.05) is 13.2 Å². The van der Waals surface area contributed by atoms with Crippen LogP contribution in [-0.2, 0) is 0 Å². The number of hydrogen-bond donors (Lipinski definition) is 1. The topological polar surface area (TPSA) is 21.3 Å². The molecule has 0 radical (unpaired) electrons. The quantitative estimate of drug-likeness (QED) is 0.863. The van der Waals surface area contributed by atoms with E-state index in [9.17, 15) is 4.39 Å². The van der Waals surface area contributed by atoms with Crippen LogP contribution >= 0.6 is 15.9 Å². The molecule has 2 rings (SSSR count). The summed E-state index contributed by atoms with van der Waals surface area (Å²) in [5, 5.41) is 3.48. The molecule has 0 aliphatic heterocycles. The van der Waals surface area contributed by atoms with Crippen LogP contribution in [0.3, 0.4) is 0 Å². The summed E-state index contributed by atoms with van der Waals surface area (Å²) in [6, 6.07) is 5.55. The molecular formula is C14H19BrFNO. The maximum atomic E-state index is 13.6. The molecule has 0 bridgehead atoms. The fraction of sp³-hybridized carbons (Fsp3) is 0.571. The molecule has 1 N–H and O–H groups in total. The lowest BCUT2D eigenvalue weighted by Crippen LogP contribution is -2.35. The first-order chi connectivity index (χ1) is 8.46. The molecule has 1 aromatic carbocycles. The number of rotatable bonds is 6.